The Morgan fingerprint density at radius 3 is 1.31 bits per heavy atom. The van der Waals surface area contributed by atoms with Crippen LogP contribution < -0.4 is 9.47 Å². The molecule has 0 aliphatic rings. The van der Waals surface area contributed by atoms with Crippen molar-refractivity contribution in [3.8, 4) is 34.4 Å². The standard InChI is InChI=1S/C22H14N4O6/c27-25(28)19-3-1-13-23-21(19)31-17-9-5-15(6-10-17)16-7-11-18(12-8-16)32-22-20(26(29)30)4-2-14-24-22/h1-14H. The van der Waals surface area contributed by atoms with Gasteiger partial charge in [0.05, 0.1) is 9.85 Å². The molecule has 0 bridgehead atoms. The summed E-state index contributed by atoms with van der Waals surface area (Å²) in [6.45, 7) is 0. The lowest BCUT2D eigenvalue weighted by atomic mass is 10.1. The predicted molar refractivity (Wildman–Crippen MR) is 114 cm³/mol. The maximum Gasteiger partial charge on any atom is 0.331 e. The number of ether oxygens (including phenoxy) is 2. The zero-order valence-electron chi connectivity index (χ0n) is 16.3. The third-order valence-corrected chi connectivity index (χ3v) is 4.37. The summed E-state index contributed by atoms with van der Waals surface area (Å²) in [6, 6.07) is 19.5. The zero-order valence-corrected chi connectivity index (χ0v) is 16.3. The first-order valence-electron chi connectivity index (χ1n) is 9.26. The molecule has 0 atom stereocenters. The molecule has 0 spiro atoms. The molecular weight excluding hydrogens is 416 g/mol. The predicted octanol–water partition coefficient (Wildman–Crippen LogP) is 5.54. The summed E-state index contributed by atoms with van der Waals surface area (Å²) < 4.78 is 11.1. The highest BCUT2D eigenvalue weighted by molar-refractivity contribution is 5.65. The zero-order chi connectivity index (χ0) is 22.5. The fraction of sp³-hybridized carbons (Fsp3) is 0. The van der Waals surface area contributed by atoms with Crippen LogP contribution in [0, 0.1) is 20.2 Å². The molecule has 2 heterocycles. The summed E-state index contributed by atoms with van der Waals surface area (Å²) >= 11 is 0. The van der Waals surface area contributed by atoms with Gasteiger partial charge in [-0.25, -0.2) is 9.97 Å². The monoisotopic (exact) mass is 430 g/mol. The lowest BCUT2D eigenvalue weighted by molar-refractivity contribution is -0.386. The van der Waals surface area contributed by atoms with Crippen molar-refractivity contribution < 1.29 is 19.3 Å². The van der Waals surface area contributed by atoms with Crippen LogP contribution in [0.1, 0.15) is 0 Å². The smallest absolute Gasteiger partial charge is 0.331 e. The van der Waals surface area contributed by atoms with E-state index in [4.69, 9.17) is 9.47 Å². The average molecular weight is 430 g/mol. The largest absolute Gasteiger partial charge is 0.434 e. The van der Waals surface area contributed by atoms with Crippen LogP contribution in [0.2, 0.25) is 0 Å². The molecule has 0 fully saturated rings. The van der Waals surface area contributed by atoms with Crippen molar-refractivity contribution in [3.63, 3.8) is 0 Å². The van der Waals surface area contributed by atoms with Crippen molar-refractivity contribution in [3.05, 3.63) is 105 Å². The maximum atomic E-state index is 11.1. The molecular formula is C22H14N4O6. The third kappa shape index (κ3) is 4.49. The van der Waals surface area contributed by atoms with Crippen LogP contribution in [-0.4, -0.2) is 19.8 Å². The molecule has 4 rings (SSSR count). The van der Waals surface area contributed by atoms with Crippen LogP contribution in [0.3, 0.4) is 0 Å². The molecule has 0 aliphatic heterocycles. The Hall–Kier alpha value is -4.86. The van der Waals surface area contributed by atoms with Gasteiger partial charge >= 0.3 is 11.4 Å². The Morgan fingerprint density at radius 2 is 0.969 bits per heavy atom. The number of pyridine rings is 2. The summed E-state index contributed by atoms with van der Waals surface area (Å²) in [7, 11) is 0. The Kier molecular flexibility index (Phi) is 5.66. The van der Waals surface area contributed by atoms with E-state index >= 15 is 0 Å². The molecule has 0 radical (unpaired) electrons. The highest BCUT2D eigenvalue weighted by Gasteiger charge is 2.17. The van der Waals surface area contributed by atoms with Crippen LogP contribution >= 0.6 is 0 Å². The SMILES string of the molecule is O=[N+]([O-])c1cccnc1Oc1ccc(-c2ccc(Oc3ncccc3[N+](=O)[O-])cc2)cc1. The van der Waals surface area contributed by atoms with E-state index in [-0.39, 0.29) is 23.1 Å². The number of aromatic nitrogens is 2. The number of nitro groups is 2. The summed E-state index contributed by atoms with van der Waals surface area (Å²) in [5.41, 5.74) is 1.28. The van der Waals surface area contributed by atoms with Crippen LogP contribution in [-0.2, 0) is 0 Å². The van der Waals surface area contributed by atoms with E-state index in [0.717, 1.165) is 11.1 Å². The van der Waals surface area contributed by atoms with Gasteiger partial charge in [-0.2, -0.15) is 0 Å². The first-order valence-corrected chi connectivity index (χ1v) is 9.26. The summed E-state index contributed by atoms with van der Waals surface area (Å²) in [4.78, 5) is 28.9. The highest BCUT2D eigenvalue weighted by Crippen LogP contribution is 2.32. The first-order chi connectivity index (χ1) is 15.5. The minimum absolute atomic E-state index is 0.0876. The van der Waals surface area contributed by atoms with Gasteiger partial charge in [-0.05, 0) is 47.5 Å². The molecule has 0 saturated heterocycles. The van der Waals surface area contributed by atoms with E-state index in [1.807, 2.05) is 0 Å². The summed E-state index contributed by atoms with van der Waals surface area (Å²) in [6.07, 6.45) is 2.83. The van der Waals surface area contributed by atoms with Gasteiger partial charge < -0.3 is 9.47 Å². The quantitative estimate of drug-likeness (QED) is 0.276. The van der Waals surface area contributed by atoms with E-state index in [0.29, 0.717) is 11.5 Å². The van der Waals surface area contributed by atoms with Gasteiger partial charge in [-0.1, -0.05) is 24.3 Å². The van der Waals surface area contributed by atoms with Gasteiger partial charge in [0, 0.05) is 24.5 Å². The Labute approximate surface area is 181 Å². The van der Waals surface area contributed by atoms with Gasteiger partial charge in [0.1, 0.15) is 11.5 Å². The van der Waals surface area contributed by atoms with E-state index in [2.05, 4.69) is 9.97 Å². The van der Waals surface area contributed by atoms with Crippen molar-refractivity contribution >= 4 is 11.4 Å². The van der Waals surface area contributed by atoms with E-state index in [9.17, 15) is 20.2 Å². The van der Waals surface area contributed by atoms with Crippen LogP contribution in [0.4, 0.5) is 11.4 Å². The van der Waals surface area contributed by atoms with Gasteiger partial charge in [-0.15, -0.1) is 0 Å². The fourth-order valence-corrected chi connectivity index (χ4v) is 2.85. The second kappa shape index (κ2) is 8.88. The van der Waals surface area contributed by atoms with E-state index in [1.54, 1.807) is 48.5 Å². The average Bonchev–Trinajstić information content (AvgIpc) is 2.81. The minimum Gasteiger partial charge on any atom is -0.434 e. The molecule has 2 aromatic carbocycles. The number of hydrogen-bond acceptors (Lipinski definition) is 8. The molecule has 2 aromatic heterocycles. The molecule has 4 aromatic rings. The van der Waals surface area contributed by atoms with Crippen molar-refractivity contribution in [1.29, 1.82) is 0 Å². The number of rotatable bonds is 7. The van der Waals surface area contributed by atoms with E-state index < -0.39 is 9.85 Å². The minimum atomic E-state index is -0.556. The Morgan fingerprint density at radius 1 is 0.594 bits per heavy atom. The van der Waals surface area contributed by atoms with Crippen LogP contribution in [0.5, 0.6) is 23.3 Å². The fourth-order valence-electron chi connectivity index (χ4n) is 2.85. The number of nitrogens with zero attached hydrogens (tertiary/aromatic N) is 4. The van der Waals surface area contributed by atoms with Gasteiger partial charge in [0.15, 0.2) is 0 Å². The molecule has 158 valence electrons. The molecule has 0 amide bonds. The normalized spacial score (nSPS) is 10.4. The van der Waals surface area contributed by atoms with Gasteiger partial charge in [0.25, 0.3) is 11.8 Å². The first kappa shape index (κ1) is 20.4. The number of hydrogen-bond donors (Lipinski definition) is 0. The van der Waals surface area contributed by atoms with Gasteiger partial charge in [0.2, 0.25) is 0 Å². The molecule has 10 nitrogen and oxygen atoms in total. The molecule has 0 saturated carbocycles. The lowest BCUT2D eigenvalue weighted by Crippen LogP contribution is -1.95. The van der Waals surface area contributed by atoms with Crippen molar-refractivity contribution in [1.82, 2.24) is 9.97 Å². The molecule has 0 unspecified atom stereocenters. The lowest BCUT2D eigenvalue weighted by Gasteiger charge is -2.08. The highest BCUT2D eigenvalue weighted by atomic mass is 16.6. The van der Waals surface area contributed by atoms with Gasteiger partial charge in [-0.3, -0.25) is 20.2 Å². The molecule has 10 heteroatoms. The van der Waals surface area contributed by atoms with Crippen molar-refractivity contribution in [2.24, 2.45) is 0 Å². The number of benzene rings is 2. The molecule has 0 N–H and O–H groups in total. The van der Waals surface area contributed by atoms with Crippen molar-refractivity contribution in [2.45, 2.75) is 0 Å². The van der Waals surface area contributed by atoms with Crippen LogP contribution in [0.15, 0.2) is 85.2 Å². The van der Waals surface area contributed by atoms with E-state index in [1.165, 1.54) is 36.7 Å². The molecule has 0 aliphatic carbocycles. The third-order valence-electron chi connectivity index (χ3n) is 4.37. The maximum absolute atomic E-state index is 11.1. The second-order valence-electron chi connectivity index (χ2n) is 6.42. The Balaban J connectivity index is 1.48. The van der Waals surface area contributed by atoms with Crippen LogP contribution in [0.25, 0.3) is 11.1 Å². The summed E-state index contributed by atoms with van der Waals surface area (Å²) in [5.74, 6) is 0.627. The summed E-state index contributed by atoms with van der Waals surface area (Å²) in [5, 5.41) is 22.2. The second-order valence-corrected chi connectivity index (χ2v) is 6.42. The Bertz CT molecular complexity index is 1180. The topological polar surface area (TPSA) is 131 Å². The molecule has 32 heavy (non-hydrogen) atoms. The van der Waals surface area contributed by atoms with Crippen molar-refractivity contribution in [2.75, 3.05) is 0 Å².